The van der Waals surface area contributed by atoms with Crippen molar-refractivity contribution in [1.82, 2.24) is 3.97 Å². The second-order valence-electron chi connectivity index (χ2n) is 3.98. The molecular weight excluding hydrogens is 250 g/mol. The molecule has 2 aromatic rings. The summed E-state index contributed by atoms with van der Waals surface area (Å²) in [7, 11) is -3.62. The van der Waals surface area contributed by atoms with Gasteiger partial charge in [-0.3, -0.25) is 4.79 Å². The summed E-state index contributed by atoms with van der Waals surface area (Å²) in [6.07, 6.45) is 1.41. The molecule has 18 heavy (non-hydrogen) atoms. The molecule has 0 aliphatic rings. The Kier molecular flexibility index (Phi) is 3.09. The van der Waals surface area contributed by atoms with Crippen molar-refractivity contribution in [1.29, 1.82) is 0 Å². The van der Waals surface area contributed by atoms with Crippen LogP contribution in [0.5, 0.6) is 0 Å². The van der Waals surface area contributed by atoms with Crippen LogP contribution >= 0.6 is 0 Å². The van der Waals surface area contributed by atoms with Crippen LogP contribution in [0.4, 0.5) is 0 Å². The van der Waals surface area contributed by atoms with Gasteiger partial charge in [0.25, 0.3) is 10.0 Å². The van der Waals surface area contributed by atoms with Crippen molar-refractivity contribution < 1.29 is 13.2 Å². The molecule has 0 spiro atoms. The fourth-order valence-electron chi connectivity index (χ4n) is 1.83. The van der Waals surface area contributed by atoms with Crippen LogP contribution in [0.25, 0.3) is 0 Å². The molecule has 94 valence electrons. The van der Waals surface area contributed by atoms with Crippen LogP contribution in [-0.2, 0) is 10.0 Å². The zero-order valence-electron chi connectivity index (χ0n) is 10.1. The molecule has 2 rings (SSSR count). The molecule has 0 radical (unpaired) electrons. The standard InChI is InChI=1S/C13H13NO3S/c1-10-13(11(2)15)8-9-14(10)18(16,17)12-6-4-3-5-7-12/h3-9H,1-2H3. The predicted molar refractivity (Wildman–Crippen MR) is 68.2 cm³/mol. The van der Waals surface area contributed by atoms with Gasteiger partial charge in [-0.25, -0.2) is 12.4 Å². The number of benzene rings is 1. The molecule has 0 fully saturated rings. The van der Waals surface area contributed by atoms with E-state index < -0.39 is 10.0 Å². The van der Waals surface area contributed by atoms with E-state index in [0.717, 1.165) is 3.97 Å². The SMILES string of the molecule is CC(=O)c1ccn(S(=O)(=O)c2ccccc2)c1C. The monoisotopic (exact) mass is 263 g/mol. The normalized spacial score (nSPS) is 11.4. The first-order valence-electron chi connectivity index (χ1n) is 5.44. The van der Waals surface area contributed by atoms with E-state index in [0.29, 0.717) is 11.3 Å². The van der Waals surface area contributed by atoms with Gasteiger partial charge in [-0.05, 0) is 32.0 Å². The molecule has 0 saturated heterocycles. The minimum Gasteiger partial charge on any atom is -0.294 e. The van der Waals surface area contributed by atoms with Crippen molar-refractivity contribution in [3.8, 4) is 0 Å². The Hall–Kier alpha value is -1.88. The van der Waals surface area contributed by atoms with E-state index in [-0.39, 0.29) is 10.7 Å². The first-order chi connectivity index (χ1) is 8.44. The molecule has 4 nitrogen and oxygen atoms in total. The highest BCUT2D eigenvalue weighted by Crippen LogP contribution is 2.19. The lowest BCUT2D eigenvalue weighted by Gasteiger charge is -2.08. The van der Waals surface area contributed by atoms with Gasteiger partial charge in [0, 0.05) is 17.5 Å². The van der Waals surface area contributed by atoms with Crippen molar-refractivity contribution in [3.05, 3.63) is 53.9 Å². The highest BCUT2D eigenvalue weighted by molar-refractivity contribution is 7.90. The Morgan fingerprint density at radius 3 is 2.22 bits per heavy atom. The molecule has 0 bridgehead atoms. The quantitative estimate of drug-likeness (QED) is 0.798. The third kappa shape index (κ3) is 1.97. The second-order valence-corrected chi connectivity index (χ2v) is 5.80. The maximum Gasteiger partial charge on any atom is 0.267 e. The average Bonchev–Trinajstić information content (AvgIpc) is 2.73. The van der Waals surface area contributed by atoms with Gasteiger partial charge in [0.15, 0.2) is 5.78 Å². The van der Waals surface area contributed by atoms with E-state index >= 15 is 0 Å². The van der Waals surface area contributed by atoms with Gasteiger partial charge in [0.1, 0.15) is 0 Å². The molecular formula is C13H13NO3S. The first-order valence-corrected chi connectivity index (χ1v) is 6.88. The summed E-state index contributed by atoms with van der Waals surface area (Å²) in [5.41, 5.74) is 0.862. The Balaban J connectivity index is 2.60. The number of nitrogens with zero attached hydrogens (tertiary/aromatic N) is 1. The van der Waals surface area contributed by atoms with Crippen LogP contribution in [0, 0.1) is 6.92 Å². The van der Waals surface area contributed by atoms with E-state index in [9.17, 15) is 13.2 Å². The van der Waals surface area contributed by atoms with E-state index in [2.05, 4.69) is 0 Å². The van der Waals surface area contributed by atoms with Crippen LogP contribution < -0.4 is 0 Å². The van der Waals surface area contributed by atoms with Crippen molar-refractivity contribution >= 4 is 15.8 Å². The Bertz CT molecular complexity index is 684. The van der Waals surface area contributed by atoms with Crippen molar-refractivity contribution in [2.45, 2.75) is 18.7 Å². The molecule has 1 heterocycles. The molecule has 1 aromatic carbocycles. The maximum absolute atomic E-state index is 12.3. The number of carbonyl (C=O) groups excluding carboxylic acids is 1. The maximum atomic E-state index is 12.3. The summed E-state index contributed by atoms with van der Waals surface area (Å²) < 4.78 is 25.8. The molecule has 0 atom stereocenters. The van der Waals surface area contributed by atoms with Gasteiger partial charge in [-0.2, -0.15) is 0 Å². The molecule has 0 saturated carbocycles. The summed E-state index contributed by atoms with van der Waals surface area (Å²) >= 11 is 0. The highest BCUT2D eigenvalue weighted by Gasteiger charge is 2.20. The Labute approximate surface area is 106 Å². The van der Waals surface area contributed by atoms with Crippen LogP contribution in [0.3, 0.4) is 0 Å². The average molecular weight is 263 g/mol. The summed E-state index contributed by atoms with van der Waals surface area (Å²) in [4.78, 5) is 11.5. The van der Waals surface area contributed by atoms with E-state index in [1.54, 1.807) is 25.1 Å². The minimum absolute atomic E-state index is 0.144. The zero-order valence-corrected chi connectivity index (χ0v) is 10.9. The molecule has 0 aliphatic heterocycles. The van der Waals surface area contributed by atoms with E-state index in [4.69, 9.17) is 0 Å². The molecule has 0 amide bonds. The van der Waals surface area contributed by atoms with Crippen molar-refractivity contribution in [2.75, 3.05) is 0 Å². The van der Waals surface area contributed by atoms with Gasteiger partial charge in [-0.15, -0.1) is 0 Å². The summed E-state index contributed by atoms with van der Waals surface area (Å²) in [6, 6.07) is 9.67. The summed E-state index contributed by atoms with van der Waals surface area (Å²) in [5.74, 6) is -0.144. The van der Waals surface area contributed by atoms with E-state index in [1.165, 1.54) is 31.3 Å². The molecule has 1 aromatic heterocycles. The predicted octanol–water partition coefficient (Wildman–Crippen LogP) is 2.24. The fourth-order valence-corrected chi connectivity index (χ4v) is 3.24. The van der Waals surface area contributed by atoms with Crippen molar-refractivity contribution in [2.24, 2.45) is 0 Å². The summed E-state index contributed by atoms with van der Waals surface area (Å²) in [6.45, 7) is 3.04. The third-order valence-corrected chi connectivity index (χ3v) is 4.56. The highest BCUT2D eigenvalue weighted by atomic mass is 32.2. The number of hydrogen-bond acceptors (Lipinski definition) is 3. The minimum atomic E-state index is -3.62. The number of aromatic nitrogens is 1. The lowest BCUT2D eigenvalue weighted by atomic mass is 10.2. The van der Waals surface area contributed by atoms with Gasteiger partial charge in [-0.1, -0.05) is 18.2 Å². The van der Waals surface area contributed by atoms with Crippen LogP contribution in [0.1, 0.15) is 23.0 Å². The number of hydrogen-bond donors (Lipinski definition) is 0. The largest absolute Gasteiger partial charge is 0.294 e. The zero-order chi connectivity index (χ0) is 13.3. The van der Waals surface area contributed by atoms with Crippen molar-refractivity contribution in [3.63, 3.8) is 0 Å². The van der Waals surface area contributed by atoms with Gasteiger partial charge < -0.3 is 0 Å². The topological polar surface area (TPSA) is 56.1 Å². The number of rotatable bonds is 3. The van der Waals surface area contributed by atoms with E-state index in [1.807, 2.05) is 0 Å². The van der Waals surface area contributed by atoms with Gasteiger partial charge in [0.2, 0.25) is 0 Å². The molecule has 0 unspecified atom stereocenters. The summed E-state index contributed by atoms with van der Waals surface area (Å²) in [5, 5.41) is 0. The molecule has 5 heteroatoms. The number of ketones is 1. The number of Topliss-reactive ketones (excluding diaryl/α,β-unsaturated/α-hetero) is 1. The lowest BCUT2D eigenvalue weighted by molar-refractivity contribution is 0.101. The second kappa shape index (κ2) is 4.42. The number of carbonyl (C=O) groups is 1. The van der Waals surface area contributed by atoms with Gasteiger partial charge in [0.05, 0.1) is 4.90 Å². The van der Waals surface area contributed by atoms with Crippen LogP contribution in [-0.4, -0.2) is 18.2 Å². The molecule has 0 aliphatic carbocycles. The Morgan fingerprint density at radius 2 is 1.72 bits per heavy atom. The Morgan fingerprint density at radius 1 is 1.11 bits per heavy atom. The lowest BCUT2D eigenvalue weighted by Crippen LogP contribution is -2.14. The fraction of sp³-hybridized carbons (Fsp3) is 0.154. The van der Waals surface area contributed by atoms with Crippen LogP contribution in [0.15, 0.2) is 47.5 Å². The molecule has 0 N–H and O–H groups in total. The first kappa shape index (κ1) is 12.6. The van der Waals surface area contributed by atoms with Crippen LogP contribution in [0.2, 0.25) is 0 Å². The third-order valence-electron chi connectivity index (χ3n) is 2.78. The van der Waals surface area contributed by atoms with Gasteiger partial charge >= 0.3 is 0 Å². The smallest absolute Gasteiger partial charge is 0.267 e.